The fourth-order valence-corrected chi connectivity index (χ4v) is 4.87. The van der Waals surface area contributed by atoms with Gasteiger partial charge in [-0.05, 0) is 61.2 Å². The van der Waals surface area contributed by atoms with E-state index in [0.29, 0.717) is 59.2 Å². The number of amides is 3. The van der Waals surface area contributed by atoms with Gasteiger partial charge in [0.15, 0.2) is 11.5 Å². The minimum absolute atomic E-state index is 0.108. The molecule has 0 unspecified atom stereocenters. The Morgan fingerprint density at radius 2 is 1.87 bits per heavy atom. The summed E-state index contributed by atoms with van der Waals surface area (Å²) < 4.78 is 21.8. The molecule has 2 aliphatic rings. The Kier molecular flexibility index (Phi) is 7.62. The number of thioether (sulfide) groups is 1. The number of hydrogen-bond donors (Lipinski definition) is 1. The molecule has 12 heteroatoms. The lowest BCUT2D eigenvalue weighted by Gasteiger charge is -2.19. The summed E-state index contributed by atoms with van der Waals surface area (Å²) in [5, 5.41) is 2.33. The molecule has 3 heterocycles. The molecule has 2 aromatic carbocycles. The maximum atomic E-state index is 12.9. The van der Waals surface area contributed by atoms with Crippen molar-refractivity contribution in [3.63, 3.8) is 0 Å². The molecule has 0 atom stereocenters. The Morgan fingerprint density at radius 3 is 2.67 bits per heavy atom. The maximum Gasteiger partial charge on any atom is 0.339 e. The second-order valence-corrected chi connectivity index (χ2v) is 9.69. The number of halogens is 1. The summed E-state index contributed by atoms with van der Waals surface area (Å²) in [4.78, 5) is 51.1. The van der Waals surface area contributed by atoms with Gasteiger partial charge in [-0.3, -0.25) is 19.3 Å². The van der Waals surface area contributed by atoms with Crippen molar-refractivity contribution in [1.82, 2.24) is 4.90 Å². The summed E-state index contributed by atoms with van der Waals surface area (Å²) in [6.07, 6.45) is 1.43. The number of nitrogens with zero attached hydrogens (tertiary/aromatic N) is 1. The van der Waals surface area contributed by atoms with Gasteiger partial charge in [0.1, 0.15) is 31.3 Å². The number of imide groups is 1. The van der Waals surface area contributed by atoms with Crippen LogP contribution in [0.4, 0.5) is 10.5 Å². The molecule has 3 aromatic rings. The number of hydrogen-bond acceptors (Lipinski definition) is 9. The number of carbonyl (C=O) groups excluding carboxylic acids is 4. The Bertz CT molecular complexity index is 1520. The average molecular weight is 569 g/mol. The monoisotopic (exact) mass is 568 g/mol. The molecule has 0 saturated carbocycles. The Hall–Kier alpha value is -4.22. The van der Waals surface area contributed by atoms with Crippen LogP contribution in [0.25, 0.3) is 17.4 Å². The number of esters is 1. The van der Waals surface area contributed by atoms with E-state index >= 15 is 0 Å². The number of furan rings is 1. The predicted octanol–water partition coefficient (Wildman–Crippen LogP) is 5.22. The van der Waals surface area contributed by atoms with E-state index in [1.54, 1.807) is 55.5 Å². The number of benzene rings is 2. The maximum absolute atomic E-state index is 12.9. The van der Waals surface area contributed by atoms with Gasteiger partial charge in [-0.2, -0.15) is 0 Å². The topological polar surface area (TPSA) is 124 Å². The molecule has 10 nitrogen and oxygen atoms in total. The zero-order valence-electron chi connectivity index (χ0n) is 20.5. The average Bonchev–Trinajstić information content (AvgIpc) is 3.49. The largest absolute Gasteiger partial charge is 0.486 e. The SMILES string of the molecule is CCOC(=O)c1cc(-c2ccc(/C=C3\SC(=O)N(CC(=O)Nc4ccc5c(c4)OCCO5)C3=O)o2)ccc1Cl. The van der Waals surface area contributed by atoms with Gasteiger partial charge in [0.25, 0.3) is 11.1 Å². The molecule has 1 fully saturated rings. The van der Waals surface area contributed by atoms with Crippen LogP contribution in [0.15, 0.2) is 57.9 Å². The fraction of sp³-hybridized carbons (Fsp3) is 0.185. The highest BCUT2D eigenvalue weighted by atomic mass is 35.5. The molecular weight excluding hydrogens is 548 g/mol. The number of carbonyl (C=O) groups is 4. The zero-order chi connectivity index (χ0) is 27.5. The quantitative estimate of drug-likeness (QED) is 0.301. The lowest BCUT2D eigenvalue weighted by Crippen LogP contribution is -2.36. The molecule has 0 spiro atoms. The van der Waals surface area contributed by atoms with Crippen LogP contribution in [-0.2, 0) is 14.3 Å². The van der Waals surface area contributed by atoms with Crippen molar-refractivity contribution in [1.29, 1.82) is 0 Å². The van der Waals surface area contributed by atoms with Gasteiger partial charge in [-0.1, -0.05) is 11.6 Å². The second kappa shape index (κ2) is 11.3. The first kappa shape index (κ1) is 26.4. The van der Waals surface area contributed by atoms with E-state index in [2.05, 4.69) is 5.32 Å². The van der Waals surface area contributed by atoms with E-state index in [-0.39, 0.29) is 22.1 Å². The van der Waals surface area contributed by atoms with Gasteiger partial charge in [-0.15, -0.1) is 0 Å². The van der Waals surface area contributed by atoms with Gasteiger partial charge >= 0.3 is 5.97 Å². The summed E-state index contributed by atoms with van der Waals surface area (Å²) in [6.45, 7) is 2.30. The molecule has 0 radical (unpaired) electrons. The van der Waals surface area contributed by atoms with Crippen LogP contribution in [0.5, 0.6) is 11.5 Å². The number of ether oxygens (including phenoxy) is 3. The van der Waals surface area contributed by atoms with Crippen molar-refractivity contribution < 1.29 is 37.8 Å². The van der Waals surface area contributed by atoms with E-state index in [0.717, 1.165) is 4.90 Å². The van der Waals surface area contributed by atoms with Crippen molar-refractivity contribution in [3.05, 3.63) is 69.8 Å². The van der Waals surface area contributed by atoms with Crippen LogP contribution in [0, 0.1) is 0 Å². The van der Waals surface area contributed by atoms with Crippen molar-refractivity contribution in [2.24, 2.45) is 0 Å². The molecule has 1 aromatic heterocycles. The van der Waals surface area contributed by atoms with Gasteiger partial charge in [0.2, 0.25) is 5.91 Å². The second-order valence-electron chi connectivity index (χ2n) is 8.29. The van der Waals surface area contributed by atoms with Crippen LogP contribution in [0.3, 0.4) is 0 Å². The van der Waals surface area contributed by atoms with E-state index in [1.807, 2.05) is 0 Å². The van der Waals surface area contributed by atoms with Crippen LogP contribution >= 0.6 is 23.4 Å². The minimum Gasteiger partial charge on any atom is -0.486 e. The number of rotatable bonds is 7. The van der Waals surface area contributed by atoms with Gasteiger partial charge in [0, 0.05) is 23.4 Å². The van der Waals surface area contributed by atoms with Crippen LogP contribution < -0.4 is 14.8 Å². The normalized spacial score (nSPS) is 15.5. The molecule has 0 aliphatic carbocycles. The fourth-order valence-electron chi connectivity index (χ4n) is 3.86. The Balaban J connectivity index is 1.26. The molecule has 200 valence electrons. The number of anilines is 1. The summed E-state index contributed by atoms with van der Waals surface area (Å²) in [5.41, 5.74) is 1.22. The lowest BCUT2D eigenvalue weighted by atomic mass is 10.1. The van der Waals surface area contributed by atoms with Gasteiger partial charge < -0.3 is 23.9 Å². The third-order valence-electron chi connectivity index (χ3n) is 5.65. The zero-order valence-corrected chi connectivity index (χ0v) is 22.1. The molecule has 5 rings (SSSR count). The van der Waals surface area contributed by atoms with Gasteiger partial charge in [-0.25, -0.2) is 4.79 Å². The molecule has 0 bridgehead atoms. The highest BCUT2D eigenvalue weighted by molar-refractivity contribution is 8.18. The molecule has 39 heavy (non-hydrogen) atoms. The number of fused-ring (bicyclic) bond motifs is 1. The predicted molar refractivity (Wildman–Crippen MR) is 144 cm³/mol. The van der Waals surface area contributed by atoms with Crippen molar-refractivity contribution in [2.75, 3.05) is 31.7 Å². The smallest absolute Gasteiger partial charge is 0.339 e. The molecule has 2 aliphatic heterocycles. The van der Waals surface area contributed by atoms with Crippen molar-refractivity contribution in [2.45, 2.75) is 6.92 Å². The van der Waals surface area contributed by atoms with Crippen LogP contribution in [0.1, 0.15) is 23.0 Å². The molecule has 1 N–H and O–H groups in total. The van der Waals surface area contributed by atoms with Crippen molar-refractivity contribution in [3.8, 4) is 22.8 Å². The first-order valence-electron chi connectivity index (χ1n) is 11.8. The van der Waals surface area contributed by atoms with E-state index in [9.17, 15) is 19.2 Å². The minimum atomic E-state index is -0.614. The molecule has 1 saturated heterocycles. The highest BCUT2D eigenvalue weighted by Crippen LogP contribution is 2.35. The third kappa shape index (κ3) is 5.79. The summed E-state index contributed by atoms with van der Waals surface area (Å²) in [7, 11) is 0. The standard InChI is InChI=1S/C27H21ClN2O8S/c1-2-35-26(33)18-11-15(3-6-19(18)28)20-8-5-17(38-20)13-23-25(32)30(27(34)39-23)14-24(31)29-16-4-7-21-22(12-16)37-10-9-36-21/h3-8,11-13H,2,9-10,14H2,1H3,(H,29,31)/b23-13-. The summed E-state index contributed by atoms with van der Waals surface area (Å²) >= 11 is 6.83. The van der Waals surface area contributed by atoms with Crippen LogP contribution in [0.2, 0.25) is 5.02 Å². The summed E-state index contributed by atoms with van der Waals surface area (Å²) in [5.74, 6) is 0.0915. The highest BCUT2D eigenvalue weighted by Gasteiger charge is 2.36. The van der Waals surface area contributed by atoms with Gasteiger partial charge in [0.05, 0.1) is 22.1 Å². The first-order chi connectivity index (χ1) is 18.8. The first-order valence-corrected chi connectivity index (χ1v) is 13.0. The van der Waals surface area contributed by atoms with Crippen LogP contribution in [-0.4, -0.2) is 54.3 Å². The lowest BCUT2D eigenvalue weighted by molar-refractivity contribution is -0.127. The Morgan fingerprint density at radius 1 is 1.08 bits per heavy atom. The Labute approximate surface area is 231 Å². The number of nitrogens with one attached hydrogen (secondary N) is 1. The van der Waals surface area contributed by atoms with E-state index in [1.165, 1.54) is 6.08 Å². The molecule has 3 amide bonds. The summed E-state index contributed by atoms with van der Waals surface area (Å²) in [6, 6.07) is 13.0. The third-order valence-corrected chi connectivity index (χ3v) is 6.88. The van der Waals surface area contributed by atoms with E-state index < -0.39 is 29.6 Å². The van der Waals surface area contributed by atoms with E-state index in [4.69, 9.17) is 30.2 Å². The molecular formula is C27H21ClN2O8S. The van der Waals surface area contributed by atoms with Crippen molar-refractivity contribution >= 4 is 58.1 Å².